The fourth-order valence-electron chi connectivity index (χ4n) is 3.38. The molecular formula is C22H23N3O2. The molecule has 0 saturated carbocycles. The number of benzene rings is 2. The molecule has 5 nitrogen and oxygen atoms in total. The van der Waals surface area contributed by atoms with Crippen LogP contribution in [0.25, 0.3) is 11.4 Å². The molecule has 4 rings (SSSR count). The van der Waals surface area contributed by atoms with Gasteiger partial charge in [0, 0.05) is 24.2 Å². The molecule has 0 N–H and O–H groups in total. The van der Waals surface area contributed by atoms with E-state index in [9.17, 15) is 4.79 Å². The van der Waals surface area contributed by atoms with Crippen LogP contribution in [0.15, 0.2) is 53.1 Å². The van der Waals surface area contributed by atoms with Gasteiger partial charge >= 0.3 is 0 Å². The molecule has 1 aliphatic rings. The third-order valence-electron chi connectivity index (χ3n) is 5.10. The van der Waals surface area contributed by atoms with Crippen molar-refractivity contribution in [2.75, 3.05) is 11.4 Å². The van der Waals surface area contributed by atoms with Gasteiger partial charge in [-0.2, -0.15) is 4.98 Å². The zero-order chi connectivity index (χ0) is 19.0. The summed E-state index contributed by atoms with van der Waals surface area (Å²) in [6.07, 6.45) is 0.390. The fourth-order valence-corrected chi connectivity index (χ4v) is 3.38. The van der Waals surface area contributed by atoms with Gasteiger partial charge in [-0.05, 0) is 30.5 Å². The van der Waals surface area contributed by atoms with Crippen LogP contribution in [0.4, 0.5) is 5.69 Å². The van der Waals surface area contributed by atoms with Crippen molar-refractivity contribution in [1.82, 2.24) is 10.1 Å². The summed E-state index contributed by atoms with van der Waals surface area (Å²) in [6.45, 7) is 6.92. The van der Waals surface area contributed by atoms with Crippen molar-refractivity contribution >= 4 is 11.6 Å². The maximum Gasteiger partial charge on any atom is 0.232 e. The third kappa shape index (κ3) is 3.50. The third-order valence-corrected chi connectivity index (χ3v) is 5.10. The maximum atomic E-state index is 12.5. The average molecular weight is 361 g/mol. The summed E-state index contributed by atoms with van der Waals surface area (Å²) < 4.78 is 5.48. The van der Waals surface area contributed by atoms with Crippen molar-refractivity contribution in [3.05, 3.63) is 65.5 Å². The van der Waals surface area contributed by atoms with Crippen molar-refractivity contribution in [3.8, 4) is 11.4 Å². The largest absolute Gasteiger partial charge is 0.339 e. The molecular weight excluding hydrogens is 338 g/mol. The molecule has 138 valence electrons. The van der Waals surface area contributed by atoms with Gasteiger partial charge < -0.3 is 9.42 Å². The number of rotatable bonds is 4. The van der Waals surface area contributed by atoms with Crippen LogP contribution in [0.2, 0.25) is 0 Å². The van der Waals surface area contributed by atoms with Crippen LogP contribution >= 0.6 is 0 Å². The van der Waals surface area contributed by atoms with Gasteiger partial charge in [0.25, 0.3) is 0 Å². The fraction of sp³-hybridized carbons (Fsp3) is 0.318. The van der Waals surface area contributed by atoms with Gasteiger partial charge in [0.05, 0.1) is 5.92 Å². The molecule has 0 bridgehead atoms. The summed E-state index contributed by atoms with van der Waals surface area (Å²) in [4.78, 5) is 18.9. The molecule has 2 heterocycles. The lowest BCUT2D eigenvalue weighted by Gasteiger charge is -2.17. The van der Waals surface area contributed by atoms with E-state index in [4.69, 9.17) is 4.52 Å². The van der Waals surface area contributed by atoms with Crippen LogP contribution in [-0.4, -0.2) is 22.6 Å². The normalized spacial score (nSPS) is 17.1. The Morgan fingerprint density at radius 1 is 1.07 bits per heavy atom. The summed E-state index contributed by atoms with van der Waals surface area (Å²) >= 11 is 0. The summed E-state index contributed by atoms with van der Waals surface area (Å²) in [5.41, 5.74) is 4.29. The lowest BCUT2D eigenvalue weighted by Crippen LogP contribution is -2.24. The first-order chi connectivity index (χ1) is 13.0. The van der Waals surface area contributed by atoms with Crippen LogP contribution in [0.3, 0.4) is 0 Å². The quantitative estimate of drug-likeness (QED) is 0.676. The molecule has 2 aromatic carbocycles. The Morgan fingerprint density at radius 2 is 1.78 bits per heavy atom. The predicted octanol–water partition coefficient (Wildman–Crippen LogP) is 4.69. The van der Waals surface area contributed by atoms with E-state index in [0.29, 0.717) is 30.6 Å². The van der Waals surface area contributed by atoms with E-state index in [1.165, 1.54) is 11.1 Å². The lowest BCUT2D eigenvalue weighted by atomic mass is 10.0. The second kappa shape index (κ2) is 6.99. The van der Waals surface area contributed by atoms with Crippen molar-refractivity contribution in [1.29, 1.82) is 0 Å². The van der Waals surface area contributed by atoms with E-state index >= 15 is 0 Å². The Balaban J connectivity index is 1.51. The highest BCUT2D eigenvalue weighted by Gasteiger charge is 2.35. The van der Waals surface area contributed by atoms with E-state index in [0.717, 1.165) is 11.3 Å². The second-order valence-electron chi connectivity index (χ2n) is 7.47. The Bertz CT molecular complexity index is 942. The smallest absolute Gasteiger partial charge is 0.232 e. The highest BCUT2D eigenvalue weighted by molar-refractivity contribution is 5.96. The molecule has 0 unspecified atom stereocenters. The number of aryl methyl sites for hydroxylation is 1. The first kappa shape index (κ1) is 17.5. The van der Waals surface area contributed by atoms with Crippen molar-refractivity contribution in [3.63, 3.8) is 0 Å². The molecule has 27 heavy (non-hydrogen) atoms. The topological polar surface area (TPSA) is 59.2 Å². The van der Waals surface area contributed by atoms with Gasteiger partial charge in [0.2, 0.25) is 17.6 Å². The van der Waals surface area contributed by atoms with E-state index < -0.39 is 0 Å². The zero-order valence-electron chi connectivity index (χ0n) is 15.8. The van der Waals surface area contributed by atoms with Crippen LogP contribution in [0, 0.1) is 6.92 Å². The molecule has 3 aromatic rings. The summed E-state index contributed by atoms with van der Waals surface area (Å²) in [5.74, 6) is 1.58. The maximum absolute atomic E-state index is 12.5. The molecule has 5 heteroatoms. The minimum absolute atomic E-state index is 0.0750. The minimum atomic E-state index is -0.0750. The number of carbonyl (C=O) groups is 1. The van der Waals surface area contributed by atoms with E-state index in [2.05, 4.69) is 36.1 Å². The van der Waals surface area contributed by atoms with Gasteiger partial charge in [-0.15, -0.1) is 0 Å². The minimum Gasteiger partial charge on any atom is -0.339 e. The van der Waals surface area contributed by atoms with Crippen LogP contribution < -0.4 is 4.90 Å². The molecule has 1 atom stereocenters. The standard InChI is InChI=1S/C22H23N3O2/c1-14(2)16-8-10-19(11-9-16)25-13-18(12-20(25)26)22-23-21(24-27-22)17-6-4-15(3)5-7-17/h4-11,14,18H,12-13H2,1-3H3/t18-/m0/s1. The molecule has 0 aliphatic carbocycles. The van der Waals surface area contributed by atoms with Crippen LogP contribution in [-0.2, 0) is 4.79 Å². The monoisotopic (exact) mass is 361 g/mol. The number of hydrogen-bond donors (Lipinski definition) is 0. The SMILES string of the molecule is Cc1ccc(-c2noc([C@H]3CC(=O)N(c4ccc(C(C)C)cc4)C3)n2)cc1. The van der Waals surface area contributed by atoms with Gasteiger partial charge in [0.15, 0.2) is 0 Å². The predicted molar refractivity (Wildman–Crippen MR) is 105 cm³/mol. The molecule has 1 aromatic heterocycles. The summed E-state index contributed by atoms with van der Waals surface area (Å²) in [5, 5.41) is 4.10. The van der Waals surface area contributed by atoms with Gasteiger partial charge in [-0.3, -0.25) is 4.79 Å². The molecule has 1 saturated heterocycles. The Labute approximate surface area is 159 Å². The first-order valence-corrected chi connectivity index (χ1v) is 9.32. The average Bonchev–Trinajstić information content (AvgIpc) is 3.29. The number of amides is 1. The Morgan fingerprint density at radius 3 is 2.44 bits per heavy atom. The number of nitrogens with zero attached hydrogens (tertiary/aromatic N) is 3. The Kier molecular flexibility index (Phi) is 4.52. The first-order valence-electron chi connectivity index (χ1n) is 9.32. The molecule has 1 fully saturated rings. The van der Waals surface area contributed by atoms with Crippen molar-refractivity contribution in [2.24, 2.45) is 0 Å². The second-order valence-corrected chi connectivity index (χ2v) is 7.47. The number of hydrogen-bond acceptors (Lipinski definition) is 4. The number of anilines is 1. The van der Waals surface area contributed by atoms with E-state index in [-0.39, 0.29) is 11.8 Å². The van der Waals surface area contributed by atoms with Gasteiger partial charge in [-0.25, -0.2) is 0 Å². The van der Waals surface area contributed by atoms with Crippen LogP contribution in [0.1, 0.15) is 49.1 Å². The van der Waals surface area contributed by atoms with E-state index in [1.807, 2.05) is 48.2 Å². The van der Waals surface area contributed by atoms with Gasteiger partial charge in [-0.1, -0.05) is 61.0 Å². The molecule has 0 radical (unpaired) electrons. The molecule has 1 amide bonds. The highest BCUT2D eigenvalue weighted by Crippen LogP contribution is 2.32. The highest BCUT2D eigenvalue weighted by atomic mass is 16.5. The Hall–Kier alpha value is -2.95. The number of aromatic nitrogens is 2. The summed E-state index contributed by atoms with van der Waals surface area (Å²) in [6, 6.07) is 16.2. The summed E-state index contributed by atoms with van der Waals surface area (Å²) in [7, 11) is 0. The molecule has 1 aliphatic heterocycles. The van der Waals surface area contributed by atoms with Crippen LogP contribution in [0.5, 0.6) is 0 Å². The molecule has 0 spiro atoms. The van der Waals surface area contributed by atoms with Crippen molar-refractivity contribution < 1.29 is 9.32 Å². The zero-order valence-corrected chi connectivity index (χ0v) is 15.8. The number of carbonyl (C=O) groups excluding carboxylic acids is 1. The van der Waals surface area contributed by atoms with E-state index in [1.54, 1.807) is 0 Å². The van der Waals surface area contributed by atoms with Crippen molar-refractivity contribution in [2.45, 2.75) is 39.0 Å². The van der Waals surface area contributed by atoms with Gasteiger partial charge in [0.1, 0.15) is 0 Å². The lowest BCUT2D eigenvalue weighted by molar-refractivity contribution is -0.117.